The zero-order chi connectivity index (χ0) is 23.8. The van der Waals surface area contributed by atoms with Crippen LogP contribution in [0.2, 0.25) is 5.02 Å². The number of nitrogens with zero attached hydrogens (tertiary/aromatic N) is 4. The van der Waals surface area contributed by atoms with Gasteiger partial charge in [0.1, 0.15) is 23.5 Å². The molecule has 5 N–H and O–H groups in total. The molecule has 0 spiro atoms. The first-order valence-electron chi connectivity index (χ1n) is 10.1. The lowest BCUT2D eigenvalue weighted by Crippen LogP contribution is -2.15. The summed E-state index contributed by atoms with van der Waals surface area (Å²) < 4.78 is 12.0. The van der Waals surface area contributed by atoms with Gasteiger partial charge in [0.2, 0.25) is 0 Å². The summed E-state index contributed by atoms with van der Waals surface area (Å²) in [7, 11) is 0. The number of anilines is 2. The Morgan fingerprint density at radius 1 is 1.09 bits per heavy atom. The number of hydrogen-bond donors (Lipinski definition) is 4. The number of benzene rings is 2. The molecule has 0 aliphatic rings. The molecule has 0 amide bonds. The minimum absolute atomic E-state index is 0.251. The molecule has 5 rings (SSSR count). The maximum atomic E-state index is 12.2. The van der Waals surface area contributed by atoms with Crippen LogP contribution in [0, 0.1) is 5.82 Å². The van der Waals surface area contributed by atoms with Gasteiger partial charge < -0.3 is 21.0 Å². The molecule has 170 valence electrons. The first kappa shape index (κ1) is 23.6. The van der Waals surface area contributed by atoms with E-state index >= 15 is 0 Å². The number of H-pyrrole nitrogens is 2. The molecule has 0 saturated heterocycles. The van der Waals surface area contributed by atoms with Crippen molar-refractivity contribution in [3.8, 4) is 0 Å². The molecule has 0 aliphatic heterocycles. The second-order valence-electron chi connectivity index (χ2n) is 6.38. The molecule has 0 atom stereocenters. The number of nitrogen functional groups attached to an aromatic ring is 1. The molecule has 33 heavy (non-hydrogen) atoms. The monoisotopic (exact) mass is 468 g/mol. The molecule has 2 aromatic carbocycles. The van der Waals surface area contributed by atoms with E-state index in [2.05, 4.69) is 35.2 Å². The second-order valence-corrected chi connectivity index (χ2v) is 6.78. The Morgan fingerprint density at radius 3 is 2.58 bits per heavy atom. The van der Waals surface area contributed by atoms with Crippen LogP contribution in [0.25, 0.3) is 22.1 Å². The molecule has 3 heterocycles. The van der Waals surface area contributed by atoms with Gasteiger partial charge in [-0.05, 0) is 36.4 Å². The number of hydrogen-bond acceptors (Lipinski definition) is 7. The van der Waals surface area contributed by atoms with Crippen molar-refractivity contribution in [2.24, 2.45) is 0 Å². The lowest BCUT2D eigenvalue weighted by molar-refractivity contribution is 0.628. The van der Waals surface area contributed by atoms with E-state index in [-0.39, 0.29) is 11.4 Å². The number of imidazole rings is 1. The number of fused-ring (bicyclic) bond motifs is 2. The number of nitrogens with one attached hydrogen (secondary N) is 3. The SMILES string of the molecule is CC.Nc1ccc(F)cc1.O=c1[nH]c(CNc2ncnc3nc[nH]c23)nc2cccc(Cl)c12. The second kappa shape index (κ2) is 11.0. The fourth-order valence-electron chi connectivity index (χ4n) is 2.81. The molecule has 11 heteroatoms. The van der Waals surface area contributed by atoms with Gasteiger partial charge in [-0.15, -0.1) is 0 Å². The predicted octanol–water partition coefficient (Wildman–Crippen LogP) is 4.29. The van der Waals surface area contributed by atoms with Gasteiger partial charge in [-0.1, -0.05) is 31.5 Å². The maximum absolute atomic E-state index is 12.2. The molecule has 0 unspecified atom stereocenters. The summed E-state index contributed by atoms with van der Waals surface area (Å²) in [5, 5.41) is 3.87. The standard InChI is InChI=1S/C14H10ClN7O.C6H6FN.C2H6/c15-7-2-1-3-8-10(7)14(23)22-9(21-8)4-16-12-11-13(18-5-17-11)20-6-19-12;7-5-1-3-6(8)4-2-5;1-2/h1-3,5-6H,4H2,(H,21,22,23)(H2,16,17,18,19,20);1-4H,8H2;1-2H3. The van der Waals surface area contributed by atoms with Gasteiger partial charge in [-0.2, -0.15) is 0 Å². The van der Waals surface area contributed by atoms with Crippen LogP contribution in [-0.2, 0) is 6.54 Å². The lowest BCUT2D eigenvalue weighted by atomic mass is 10.2. The van der Waals surface area contributed by atoms with Gasteiger partial charge in [-0.25, -0.2) is 24.3 Å². The third-order valence-corrected chi connectivity index (χ3v) is 4.56. The van der Waals surface area contributed by atoms with Gasteiger partial charge in [0.15, 0.2) is 11.5 Å². The van der Waals surface area contributed by atoms with Crippen LogP contribution in [0.1, 0.15) is 19.7 Å². The normalized spacial score (nSPS) is 10.2. The molecule has 5 aromatic rings. The van der Waals surface area contributed by atoms with Crippen molar-refractivity contribution in [1.82, 2.24) is 29.9 Å². The van der Waals surface area contributed by atoms with Crippen molar-refractivity contribution in [2.45, 2.75) is 20.4 Å². The molecule has 0 aliphatic carbocycles. The van der Waals surface area contributed by atoms with E-state index in [1.165, 1.54) is 30.6 Å². The van der Waals surface area contributed by atoms with Crippen LogP contribution in [0.4, 0.5) is 15.9 Å². The van der Waals surface area contributed by atoms with E-state index in [4.69, 9.17) is 17.3 Å². The first-order chi connectivity index (χ1) is 16.0. The highest BCUT2D eigenvalue weighted by atomic mass is 35.5. The van der Waals surface area contributed by atoms with E-state index in [9.17, 15) is 9.18 Å². The highest BCUT2D eigenvalue weighted by molar-refractivity contribution is 6.35. The number of rotatable bonds is 3. The van der Waals surface area contributed by atoms with Gasteiger partial charge >= 0.3 is 0 Å². The highest BCUT2D eigenvalue weighted by Gasteiger charge is 2.09. The number of halogens is 2. The maximum Gasteiger partial charge on any atom is 0.260 e. The third kappa shape index (κ3) is 5.80. The number of aromatic amines is 2. The fraction of sp³-hybridized carbons (Fsp3) is 0.136. The number of aromatic nitrogens is 6. The largest absolute Gasteiger partial charge is 0.399 e. The summed E-state index contributed by atoms with van der Waals surface area (Å²) in [4.78, 5) is 34.5. The van der Waals surface area contributed by atoms with Crippen molar-refractivity contribution < 1.29 is 4.39 Å². The Bertz CT molecular complexity index is 1380. The Labute approximate surface area is 193 Å². The Kier molecular flexibility index (Phi) is 7.87. The van der Waals surface area contributed by atoms with E-state index in [1.807, 2.05) is 13.8 Å². The van der Waals surface area contributed by atoms with E-state index in [1.54, 1.807) is 24.5 Å². The van der Waals surface area contributed by atoms with Crippen molar-refractivity contribution >= 4 is 45.2 Å². The average molecular weight is 469 g/mol. The molecule has 0 saturated carbocycles. The lowest BCUT2D eigenvalue weighted by Gasteiger charge is -2.07. The Morgan fingerprint density at radius 2 is 1.85 bits per heavy atom. The molecular weight excluding hydrogens is 447 g/mol. The third-order valence-electron chi connectivity index (χ3n) is 4.25. The van der Waals surface area contributed by atoms with Crippen LogP contribution in [0.5, 0.6) is 0 Å². The summed E-state index contributed by atoms with van der Waals surface area (Å²) in [6, 6.07) is 10.9. The van der Waals surface area contributed by atoms with Gasteiger partial charge in [-0.3, -0.25) is 4.79 Å². The van der Waals surface area contributed by atoms with Gasteiger partial charge in [0.25, 0.3) is 5.56 Å². The van der Waals surface area contributed by atoms with Crippen LogP contribution < -0.4 is 16.6 Å². The molecule has 0 bridgehead atoms. The topological polar surface area (TPSA) is 138 Å². The zero-order valence-corrected chi connectivity index (χ0v) is 18.7. The summed E-state index contributed by atoms with van der Waals surface area (Å²) >= 11 is 6.04. The highest BCUT2D eigenvalue weighted by Crippen LogP contribution is 2.18. The van der Waals surface area contributed by atoms with Crippen LogP contribution in [0.3, 0.4) is 0 Å². The fourth-order valence-corrected chi connectivity index (χ4v) is 3.07. The van der Waals surface area contributed by atoms with Crippen LogP contribution in [0.15, 0.2) is 59.9 Å². The van der Waals surface area contributed by atoms with Crippen molar-refractivity contribution in [2.75, 3.05) is 11.1 Å². The molecule has 0 fully saturated rings. The molecule has 9 nitrogen and oxygen atoms in total. The van der Waals surface area contributed by atoms with E-state index in [0.717, 1.165) is 0 Å². The smallest absolute Gasteiger partial charge is 0.260 e. The van der Waals surface area contributed by atoms with E-state index in [0.29, 0.717) is 51.0 Å². The van der Waals surface area contributed by atoms with Crippen molar-refractivity contribution in [3.05, 3.63) is 82.1 Å². The minimum atomic E-state index is -0.272. The summed E-state index contributed by atoms with van der Waals surface area (Å²) in [6.07, 6.45) is 2.96. The van der Waals surface area contributed by atoms with Crippen LogP contribution >= 0.6 is 11.6 Å². The summed E-state index contributed by atoms with van der Waals surface area (Å²) in [6.45, 7) is 4.29. The Balaban J connectivity index is 0.000000258. The van der Waals surface area contributed by atoms with Crippen LogP contribution in [-0.4, -0.2) is 29.9 Å². The minimum Gasteiger partial charge on any atom is -0.399 e. The summed E-state index contributed by atoms with van der Waals surface area (Å²) in [5.74, 6) is 0.816. The summed E-state index contributed by atoms with van der Waals surface area (Å²) in [5.41, 5.74) is 7.38. The van der Waals surface area contributed by atoms with Crippen molar-refractivity contribution in [3.63, 3.8) is 0 Å². The Hall–Kier alpha value is -4.05. The van der Waals surface area contributed by atoms with Gasteiger partial charge in [0.05, 0.1) is 28.8 Å². The molecule has 0 radical (unpaired) electrons. The first-order valence-corrected chi connectivity index (χ1v) is 10.5. The number of nitrogens with two attached hydrogens (primary N) is 1. The quantitative estimate of drug-likeness (QED) is 0.290. The molecular formula is C22H22ClFN8O. The van der Waals surface area contributed by atoms with E-state index < -0.39 is 0 Å². The van der Waals surface area contributed by atoms with Crippen molar-refractivity contribution in [1.29, 1.82) is 0 Å². The predicted molar refractivity (Wildman–Crippen MR) is 129 cm³/mol. The zero-order valence-electron chi connectivity index (χ0n) is 17.9. The van der Waals surface area contributed by atoms with Gasteiger partial charge in [0, 0.05) is 5.69 Å². The average Bonchev–Trinajstić information content (AvgIpc) is 3.31. The molecule has 3 aromatic heterocycles.